The van der Waals surface area contributed by atoms with Crippen molar-refractivity contribution in [2.75, 3.05) is 10.2 Å². The molecular formula is C58H47BN3OS. The van der Waals surface area contributed by atoms with Gasteiger partial charge in [0.25, 0.3) is 0 Å². The molecule has 11 aromatic rings. The summed E-state index contributed by atoms with van der Waals surface area (Å²) in [6.45, 7) is 13.6. The maximum atomic E-state index is 6.94. The van der Waals surface area contributed by atoms with Gasteiger partial charge in [0.1, 0.15) is 5.58 Å². The normalized spacial score (nSPS) is 12.7. The Morgan fingerprint density at radius 3 is 1.94 bits per heavy atom. The molecule has 0 atom stereocenters. The van der Waals surface area contributed by atoms with E-state index in [9.17, 15) is 0 Å². The van der Waals surface area contributed by atoms with E-state index in [2.05, 4.69) is 233 Å². The molecule has 0 saturated carbocycles. The van der Waals surface area contributed by atoms with Crippen LogP contribution in [0.4, 0.5) is 28.4 Å². The van der Waals surface area contributed by atoms with Crippen molar-refractivity contribution in [1.29, 1.82) is 0 Å². The first kappa shape index (κ1) is 38.6. The number of furan rings is 1. The third-order valence-corrected chi connectivity index (χ3v) is 14.3. The van der Waals surface area contributed by atoms with E-state index < -0.39 is 0 Å². The maximum absolute atomic E-state index is 6.94. The minimum atomic E-state index is -0.0213. The molecule has 64 heavy (non-hydrogen) atoms. The fraction of sp³-hybridized carbons (Fsp3) is 0.138. The highest BCUT2D eigenvalue weighted by Crippen LogP contribution is 2.45. The predicted molar refractivity (Wildman–Crippen MR) is 276 cm³/mol. The molecule has 12 rings (SSSR count). The molecule has 1 radical (unpaired) electrons. The van der Waals surface area contributed by atoms with Crippen LogP contribution in [0.3, 0.4) is 0 Å². The van der Waals surface area contributed by atoms with Crippen LogP contribution >= 0.6 is 11.3 Å². The average molecular weight is 845 g/mol. The lowest BCUT2D eigenvalue weighted by molar-refractivity contribution is 0.590. The molecule has 0 fully saturated rings. The topological polar surface area (TPSA) is 33.3 Å². The Bertz CT molecular complexity index is 3580. The summed E-state index contributed by atoms with van der Waals surface area (Å²) in [5.74, 6) is 0. The Hall–Kier alpha value is -7.02. The van der Waals surface area contributed by atoms with Crippen molar-refractivity contribution < 1.29 is 4.42 Å². The smallest absolute Gasteiger partial charge is 0.247 e. The summed E-state index contributed by atoms with van der Waals surface area (Å²) in [5, 5.41) is 10.1. The molecule has 0 aliphatic carbocycles. The number of anilines is 5. The Morgan fingerprint density at radius 2 is 1.22 bits per heavy atom. The molecule has 0 spiro atoms. The number of thiophene rings is 1. The molecule has 1 aliphatic rings. The number of hydrogen-bond donors (Lipinski definition) is 1. The second-order valence-corrected chi connectivity index (χ2v) is 20.4. The molecule has 4 heterocycles. The van der Waals surface area contributed by atoms with Crippen LogP contribution in [-0.2, 0) is 10.8 Å². The molecular weight excluding hydrogens is 798 g/mol. The van der Waals surface area contributed by atoms with E-state index in [0.29, 0.717) is 0 Å². The van der Waals surface area contributed by atoms with Gasteiger partial charge < -0.3 is 19.2 Å². The van der Waals surface area contributed by atoms with Crippen LogP contribution in [0.15, 0.2) is 174 Å². The van der Waals surface area contributed by atoms with Crippen LogP contribution in [-0.4, -0.2) is 11.8 Å². The van der Waals surface area contributed by atoms with Crippen LogP contribution < -0.4 is 21.3 Å². The van der Waals surface area contributed by atoms with Crippen molar-refractivity contribution in [2.45, 2.75) is 52.4 Å². The first-order valence-corrected chi connectivity index (χ1v) is 23.1. The van der Waals surface area contributed by atoms with E-state index in [1.165, 1.54) is 53.1 Å². The summed E-state index contributed by atoms with van der Waals surface area (Å²) >= 11 is 1.87. The first-order valence-electron chi connectivity index (χ1n) is 22.2. The summed E-state index contributed by atoms with van der Waals surface area (Å²) in [6.07, 6.45) is 0. The quantitative estimate of drug-likeness (QED) is 0.169. The molecule has 0 saturated heterocycles. The number of para-hydroxylation sites is 2. The van der Waals surface area contributed by atoms with Gasteiger partial charge in [0.05, 0.1) is 16.9 Å². The van der Waals surface area contributed by atoms with E-state index in [-0.39, 0.29) is 10.8 Å². The van der Waals surface area contributed by atoms with Crippen LogP contribution in [0.25, 0.3) is 69.8 Å². The fourth-order valence-electron chi connectivity index (χ4n) is 9.80. The van der Waals surface area contributed by atoms with Gasteiger partial charge in [-0.05, 0) is 118 Å². The van der Waals surface area contributed by atoms with Crippen molar-refractivity contribution in [1.82, 2.24) is 4.57 Å². The SMILES string of the molecule is CC(C)(C)c1ccc(Nc2ccc(N(c3ccccc3)c3ccccc3)cc2-c2ccc3c4cc5sc6ccccc6c5cc4n4c3c2[B]c2oc3ccc(C(C)(C)C)cc3c2-4)cc1. The van der Waals surface area contributed by atoms with Gasteiger partial charge in [0, 0.05) is 75.8 Å². The van der Waals surface area contributed by atoms with Gasteiger partial charge in [-0.15, -0.1) is 11.3 Å². The molecule has 0 bridgehead atoms. The van der Waals surface area contributed by atoms with Crippen molar-refractivity contribution >= 4 is 111 Å². The van der Waals surface area contributed by atoms with Crippen LogP contribution in [0.5, 0.6) is 0 Å². The fourth-order valence-corrected chi connectivity index (χ4v) is 10.9. The van der Waals surface area contributed by atoms with E-state index in [1.807, 2.05) is 11.3 Å². The molecule has 4 nitrogen and oxygen atoms in total. The van der Waals surface area contributed by atoms with Crippen molar-refractivity contribution in [3.8, 4) is 16.8 Å². The highest BCUT2D eigenvalue weighted by molar-refractivity contribution is 7.25. The van der Waals surface area contributed by atoms with E-state index in [1.54, 1.807) is 0 Å². The molecule has 3 aromatic heterocycles. The highest BCUT2D eigenvalue weighted by atomic mass is 32.1. The zero-order valence-corrected chi connectivity index (χ0v) is 37.8. The number of hydrogen-bond acceptors (Lipinski definition) is 4. The van der Waals surface area contributed by atoms with E-state index >= 15 is 0 Å². The zero-order valence-electron chi connectivity index (χ0n) is 37.0. The minimum absolute atomic E-state index is 0.0213. The predicted octanol–water partition coefficient (Wildman–Crippen LogP) is 15.3. The summed E-state index contributed by atoms with van der Waals surface area (Å²) in [6, 6.07) is 62.1. The third-order valence-electron chi connectivity index (χ3n) is 13.1. The molecule has 309 valence electrons. The zero-order chi connectivity index (χ0) is 43.5. The van der Waals surface area contributed by atoms with E-state index in [4.69, 9.17) is 4.42 Å². The Balaban J connectivity index is 1.14. The number of benzene rings is 8. The first-order chi connectivity index (χ1) is 31.0. The van der Waals surface area contributed by atoms with Crippen molar-refractivity contribution in [2.24, 2.45) is 0 Å². The Labute approximate surface area is 378 Å². The molecule has 0 amide bonds. The summed E-state index contributed by atoms with van der Waals surface area (Å²) < 4.78 is 12.1. The van der Waals surface area contributed by atoms with Crippen molar-refractivity contribution in [3.05, 3.63) is 181 Å². The van der Waals surface area contributed by atoms with Gasteiger partial charge in [0.2, 0.25) is 7.28 Å². The van der Waals surface area contributed by atoms with Gasteiger partial charge in [-0.2, -0.15) is 0 Å². The summed E-state index contributed by atoms with van der Waals surface area (Å²) in [4.78, 5) is 2.34. The lowest BCUT2D eigenvalue weighted by Crippen LogP contribution is -2.36. The lowest BCUT2D eigenvalue weighted by Gasteiger charge is -2.27. The van der Waals surface area contributed by atoms with Crippen LogP contribution in [0.2, 0.25) is 0 Å². The van der Waals surface area contributed by atoms with Gasteiger partial charge in [-0.25, -0.2) is 0 Å². The monoisotopic (exact) mass is 844 g/mol. The van der Waals surface area contributed by atoms with E-state index in [0.717, 1.165) is 67.3 Å². The van der Waals surface area contributed by atoms with Crippen LogP contribution in [0.1, 0.15) is 52.7 Å². The largest absolute Gasteiger partial charge is 0.469 e. The number of rotatable bonds is 6. The molecule has 6 heteroatoms. The molecule has 0 unspecified atom stereocenters. The molecule has 1 aliphatic heterocycles. The number of nitrogens with zero attached hydrogens (tertiary/aromatic N) is 2. The van der Waals surface area contributed by atoms with Crippen LogP contribution in [0, 0.1) is 0 Å². The number of aromatic nitrogens is 1. The highest BCUT2D eigenvalue weighted by Gasteiger charge is 2.32. The average Bonchev–Trinajstić information content (AvgIpc) is 3.96. The summed E-state index contributed by atoms with van der Waals surface area (Å²) in [5.41, 5.74) is 16.6. The Kier molecular flexibility index (Phi) is 8.60. The minimum Gasteiger partial charge on any atom is -0.469 e. The number of fused-ring (bicyclic) bond motifs is 10. The summed E-state index contributed by atoms with van der Waals surface area (Å²) in [7, 11) is 2.31. The standard InChI is InChI=1S/C58H47BN3OS/c1-57(2,3)35-21-24-37(25-22-35)60-48-29-26-40(61(38-15-9-7-10-16-38)39-17-11-8-12-18-39)32-44(48)42-27-28-43-45-34-52-46(41-19-13-14-20-51(41)64-52)33-49(45)62-54(43)53(42)59-56-55(62)47-31-36(58(4,5)6)23-30-50(47)63-56/h7-34,60H,1-6H3. The Morgan fingerprint density at radius 1 is 0.531 bits per heavy atom. The van der Waals surface area contributed by atoms with Gasteiger partial charge in [0.15, 0.2) is 0 Å². The molecule has 1 N–H and O–H groups in total. The maximum Gasteiger partial charge on any atom is 0.247 e. The van der Waals surface area contributed by atoms with Gasteiger partial charge in [-0.3, -0.25) is 0 Å². The molecule has 8 aromatic carbocycles. The second-order valence-electron chi connectivity index (χ2n) is 19.3. The van der Waals surface area contributed by atoms with Gasteiger partial charge >= 0.3 is 0 Å². The second kappa shape index (κ2) is 14.3. The lowest BCUT2D eigenvalue weighted by atomic mass is 9.62. The number of nitrogens with one attached hydrogen (secondary N) is 1. The van der Waals surface area contributed by atoms with Crippen molar-refractivity contribution in [3.63, 3.8) is 0 Å². The third kappa shape index (κ3) is 6.18. The van der Waals surface area contributed by atoms with Gasteiger partial charge in [-0.1, -0.05) is 126 Å².